The molecule has 130 valence electrons. The largest absolute Gasteiger partial charge is 0.322 e. The van der Waals surface area contributed by atoms with Gasteiger partial charge in [0.2, 0.25) is 11.9 Å². The summed E-state index contributed by atoms with van der Waals surface area (Å²) in [5.74, 6) is -1.43. The van der Waals surface area contributed by atoms with Crippen LogP contribution in [0.1, 0.15) is 43.1 Å². The van der Waals surface area contributed by atoms with E-state index >= 15 is 0 Å². The van der Waals surface area contributed by atoms with Crippen molar-refractivity contribution >= 4 is 23.2 Å². The molecule has 2 aromatic rings. The van der Waals surface area contributed by atoms with Crippen LogP contribution < -0.4 is 10.2 Å². The molecule has 1 aromatic heterocycles. The Kier molecular flexibility index (Phi) is 4.29. The zero-order chi connectivity index (χ0) is 18.2. The lowest BCUT2D eigenvalue weighted by atomic mass is 9.77. The quantitative estimate of drug-likeness (QED) is 0.850. The molecule has 0 spiro atoms. The van der Waals surface area contributed by atoms with Crippen LogP contribution in [0.3, 0.4) is 0 Å². The smallest absolute Gasteiger partial charge is 0.260 e. The third-order valence-electron chi connectivity index (χ3n) is 4.62. The highest BCUT2D eigenvalue weighted by Crippen LogP contribution is 2.41. The van der Waals surface area contributed by atoms with Gasteiger partial charge in [0, 0.05) is 31.0 Å². The van der Waals surface area contributed by atoms with Gasteiger partial charge < -0.3 is 10.2 Å². The number of halogens is 1. The summed E-state index contributed by atoms with van der Waals surface area (Å²) in [5, 5.41) is 2.68. The summed E-state index contributed by atoms with van der Waals surface area (Å²) in [5.41, 5.74) is 2.17. The van der Waals surface area contributed by atoms with Crippen LogP contribution in [0.4, 0.5) is 15.8 Å². The summed E-state index contributed by atoms with van der Waals surface area (Å²) in [6.07, 6.45) is 2.16. The summed E-state index contributed by atoms with van der Waals surface area (Å²) >= 11 is 0. The zero-order valence-electron chi connectivity index (χ0n) is 14.5. The second-order valence-corrected chi connectivity index (χ2v) is 6.83. The van der Waals surface area contributed by atoms with Gasteiger partial charge in [-0.1, -0.05) is 19.9 Å². The van der Waals surface area contributed by atoms with Gasteiger partial charge in [-0.15, -0.1) is 0 Å². The molecule has 0 unspecified atom stereocenters. The minimum Gasteiger partial charge on any atom is -0.322 e. The average molecular weight is 341 g/mol. The number of nitrogens with zero attached hydrogens (tertiary/aromatic N) is 2. The first-order valence-electron chi connectivity index (χ1n) is 8.14. The number of hydrogen-bond acceptors (Lipinski definition) is 3. The molecule has 1 aliphatic heterocycles. The van der Waals surface area contributed by atoms with Crippen LogP contribution >= 0.6 is 0 Å². The maximum absolute atomic E-state index is 13.7. The molecule has 0 radical (unpaired) electrons. The SMILES string of the molecule is CC(=O)N1CCC(C)(C)c2ccc(NC(=O)c3cccnc3F)cc21. The van der Waals surface area contributed by atoms with Crippen molar-refractivity contribution in [1.82, 2.24) is 4.98 Å². The normalized spacial score (nSPS) is 15.4. The van der Waals surface area contributed by atoms with Gasteiger partial charge in [0.15, 0.2) is 0 Å². The van der Waals surface area contributed by atoms with Gasteiger partial charge in [0.05, 0.1) is 5.56 Å². The van der Waals surface area contributed by atoms with Crippen LogP contribution in [0, 0.1) is 5.95 Å². The summed E-state index contributed by atoms with van der Waals surface area (Å²) in [6, 6.07) is 8.34. The molecule has 25 heavy (non-hydrogen) atoms. The molecular formula is C19H20FN3O2. The first-order valence-corrected chi connectivity index (χ1v) is 8.14. The lowest BCUT2D eigenvalue weighted by Gasteiger charge is -2.39. The summed E-state index contributed by atoms with van der Waals surface area (Å²) in [6.45, 7) is 6.42. The van der Waals surface area contributed by atoms with E-state index in [0.29, 0.717) is 12.2 Å². The molecule has 1 N–H and O–H groups in total. The topological polar surface area (TPSA) is 62.3 Å². The van der Waals surface area contributed by atoms with Crippen molar-refractivity contribution in [2.45, 2.75) is 32.6 Å². The number of aromatic nitrogens is 1. The molecule has 0 saturated carbocycles. The van der Waals surface area contributed by atoms with Gasteiger partial charge in [0.25, 0.3) is 5.91 Å². The average Bonchev–Trinajstić information content (AvgIpc) is 2.54. The van der Waals surface area contributed by atoms with Crippen molar-refractivity contribution in [2.24, 2.45) is 0 Å². The molecule has 0 saturated heterocycles. The number of amides is 2. The maximum Gasteiger partial charge on any atom is 0.260 e. The Balaban J connectivity index is 1.95. The van der Waals surface area contributed by atoms with Crippen LogP contribution in [0.5, 0.6) is 0 Å². The minimum atomic E-state index is -0.815. The van der Waals surface area contributed by atoms with Crippen LogP contribution in [0.15, 0.2) is 36.5 Å². The number of benzene rings is 1. The van der Waals surface area contributed by atoms with Gasteiger partial charge >= 0.3 is 0 Å². The molecule has 5 nitrogen and oxygen atoms in total. The first-order chi connectivity index (χ1) is 11.8. The molecule has 1 aliphatic rings. The van der Waals surface area contributed by atoms with Crippen molar-refractivity contribution in [1.29, 1.82) is 0 Å². The second kappa shape index (κ2) is 6.27. The van der Waals surface area contributed by atoms with Crippen molar-refractivity contribution < 1.29 is 14.0 Å². The van der Waals surface area contributed by atoms with E-state index in [2.05, 4.69) is 24.1 Å². The van der Waals surface area contributed by atoms with E-state index < -0.39 is 11.9 Å². The van der Waals surface area contributed by atoms with Crippen LogP contribution in [-0.4, -0.2) is 23.3 Å². The summed E-state index contributed by atoms with van der Waals surface area (Å²) < 4.78 is 13.7. The number of anilines is 2. The van der Waals surface area contributed by atoms with Crippen molar-refractivity contribution in [3.8, 4) is 0 Å². The molecule has 3 rings (SSSR count). The van der Waals surface area contributed by atoms with Crippen LogP contribution in [-0.2, 0) is 10.2 Å². The third kappa shape index (κ3) is 3.24. The van der Waals surface area contributed by atoms with E-state index in [4.69, 9.17) is 0 Å². The third-order valence-corrected chi connectivity index (χ3v) is 4.62. The highest BCUT2D eigenvalue weighted by molar-refractivity contribution is 6.05. The molecule has 0 aliphatic carbocycles. The number of carbonyl (C=O) groups excluding carboxylic acids is 2. The molecule has 1 aromatic carbocycles. The molecule has 6 heteroatoms. The van der Waals surface area contributed by atoms with Gasteiger partial charge in [0.1, 0.15) is 0 Å². The Labute approximate surface area is 145 Å². The van der Waals surface area contributed by atoms with Gasteiger partial charge in [-0.2, -0.15) is 4.39 Å². The van der Waals surface area contributed by atoms with E-state index in [0.717, 1.165) is 17.7 Å². The van der Waals surface area contributed by atoms with Crippen molar-refractivity contribution in [3.63, 3.8) is 0 Å². The molecule has 2 amide bonds. The van der Waals surface area contributed by atoms with Crippen molar-refractivity contribution in [3.05, 3.63) is 53.6 Å². The predicted molar refractivity (Wildman–Crippen MR) is 94.3 cm³/mol. The lowest BCUT2D eigenvalue weighted by Crippen LogP contribution is -2.40. The Morgan fingerprint density at radius 1 is 1.28 bits per heavy atom. The predicted octanol–water partition coefficient (Wildman–Crippen LogP) is 3.51. The number of fused-ring (bicyclic) bond motifs is 1. The van der Waals surface area contributed by atoms with E-state index in [1.807, 2.05) is 6.07 Å². The fourth-order valence-corrected chi connectivity index (χ4v) is 3.13. The monoisotopic (exact) mass is 341 g/mol. The van der Waals surface area contributed by atoms with Gasteiger partial charge in [-0.05, 0) is 41.7 Å². The number of carbonyl (C=O) groups is 2. The fourth-order valence-electron chi connectivity index (χ4n) is 3.13. The Morgan fingerprint density at radius 2 is 2.04 bits per heavy atom. The molecule has 0 bridgehead atoms. The second-order valence-electron chi connectivity index (χ2n) is 6.83. The molecular weight excluding hydrogens is 321 g/mol. The number of hydrogen-bond donors (Lipinski definition) is 1. The number of nitrogens with one attached hydrogen (secondary N) is 1. The molecule has 0 atom stereocenters. The van der Waals surface area contributed by atoms with E-state index in [9.17, 15) is 14.0 Å². The number of pyridine rings is 1. The Hall–Kier alpha value is -2.76. The number of rotatable bonds is 2. The van der Waals surface area contributed by atoms with Crippen molar-refractivity contribution in [2.75, 3.05) is 16.8 Å². The highest BCUT2D eigenvalue weighted by atomic mass is 19.1. The van der Waals surface area contributed by atoms with Gasteiger partial charge in [-0.25, -0.2) is 4.98 Å². The maximum atomic E-state index is 13.7. The Morgan fingerprint density at radius 3 is 2.72 bits per heavy atom. The van der Waals surface area contributed by atoms with Gasteiger partial charge in [-0.3, -0.25) is 9.59 Å². The van der Waals surface area contributed by atoms with Crippen LogP contribution in [0.25, 0.3) is 0 Å². The standard InChI is InChI=1S/C19H20FN3O2/c1-12(24)23-10-8-19(2,3)15-7-6-13(11-16(15)23)22-18(25)14-5-4-9-21-17(14)20/h4-7,9,11H,8,10H2,1-3H3,(H,22,25). The van der Waals surface area contributed by atoms with E-state index in [1.54, 1.807) is 17.0 Å². The van der Waals surface area contributed by atoms with Crippen LogP contribution in [0.2, 0.25) is 0 Å². The Bertz CT molecular complexity index is 848. The summed E-state index contributed by atoms with van der Waals surface area (Å²) in [4.78, 5) is 29.4. The first kappa shape index (κ1) is 17.1. The molecule has 2 heterocycles. The molecule has 0 fully saturated rings. The van der Waals surface area contributed by atoms with E-state index in [-0.39, 0.29) is 16.9 Å². The zero-order valence-corrected chi connectivity index (χ0v) is 14.5. The fraction of sp³-hybridized carbons (Fsp3) is 0.316. The lowest BCUT2D eigenvalue weighted by molar-refractivity contribution is -0.116. The summed E-state index contributed by atoms with van der Waals surface area (Å²) in [7, 11) is 0. The van der Waals surface area contributed by atoms with E-state index in [1.165, 1.54) is 25.3 Å². The minimum absolute atomic E-state index is 0.0430. The highest BCUT2D eigenvalue weighted by Gasteiger charge is 2.32.